The average Bonchev–Trinajstić information content (AvgIpc) is 2.84. The molecule has 0 fully saturated rings. The number of rotatable bonds is 5. The van der Waals surface area contributed by atoms with Crippen molar-refractivity contribution in [2.24, 2.45) is 5.73 Å². The van der Waals surface area contributed by atoms with Gasteiger partial charge < -0.3 is 14.7 Å². The Kier molecular flexibility index (Phi) is 4.76. The zero-order chi connectivity index (χ0) is 17.1. The van der Waals surface area contributed by atoms with Crippen molar-refractivity contribution in [2.45, 2.75) is 18.8 Å². The van der Waals surface area contributed by atoms with Crippen LogP contribution >= 0.6 is 12.0 Å². The first-order chi connectivity index (χ1) is 11.6. The van der Waals surface area contributed by atoms with E-state index in [0.717, 1.165) is 17.6 Å². The number of aryl methyl sites for hydroxylation is 1. The molecule has 24 heavy (non-hydrogen) atoms. The van der Waals surface area contributed by atoms with Crippen molar-refractivity contribution < 1.29 is 18.1 Å². The molecular weight excluding hydrogens is 329 g/mol. The molecule has 1 unspecified atom stereocenters. The van der Waals surface area contributed by atoms with Crippen LogP contribution in [-0.2, 0) is 19.5 Å². The minimum atomic E-state index is -0.891. The maximum atomic E-state index is 13.2. The normalized spacial score (nSPS) is 17.1. The number of ether oxygens (including phenoxy) is 1. The Labute approximate surface area is 143 Å². The van der Waals surface area contributed by atoms with Crippen LogP contribution in [0, 0.1) is 12.7 Å². The molecule has 0 aromatic heterocycles. The number of hydrogen-bond acceptors (Lipinski definition) is 5. The lowest BCUT2D eigenvalue weighted by molar-refractivity contribution is -0.122. The summed E-state index contributed by atoms with van der Waals surface area (Å²) >= 11 is 1.12. The summed E-state index contributed by atoms with van der Waals surface area (Å²) in [4.78, 5) is 12.5. The molecule has 1 aliphatic heterocycles. The van der Waals surface area contributed by atoms with E-state index in [1.54, 1.807) is 6.92 Å². The first-order valence-electron chi connectivity index (χ1n) is 7.36. The Balaban J connectivity index is 1.67. The molecule has 0 saturated carbocycles. The van der Waals surface area contributed by atoms with Crippen molar-refractivity contribution >= 4 is 17.8 Å². The fourth-order valence-corrected chi connectivity index (χ4v) is 3.09. The van der Waals surface area contributed by atoms with E-state index in [-0.39, 0.29) is 23.2 Å². The average molecular weight is 345 g/mol. The lowest BCUT2D eigenvalue weighted by Gasteiger charge is -2.12. The van der Waals surface area contributed by atoms with Gasteiger partial charge in [-0.3, -0.25) is 4.79 Å². The molecule has 1 atom stereocenters. The summed E-state index contributed by atoms with van der Waals surface area (Å²) in [5, 5.41) is 0. The minimum Gasteiger partial charge on any atom is -0.460 e. The first-order valence-corrected chi connectivity index (χ1v) is 8.27. The van der Waals surface area contributed by atoms with Gasteiger partial charge in [0.1, 0.15) is 5.82 Å². The van der Waals surface area contributed by atoms with Gasteiger partial charge in [0.25, 0.3) is 0 Å². The third kappa shape index (κ3) is 3.38. The van der Waals surface area contributed by atoms with Crippen molar-refractivity contribution in [2.75, 3.05) is 0 Å². The number of Topliss-reactive ketones (excluding diaryl/α,β-unsaturated/α-hetero) is 1. The molecule has 6 heteroatoms. The predicted molar refractivity (Wildman–Crippen MR) is 90.0 cm³/mol. The second-order valence-corrected chi connectivity index (χ2v) is 6.08. The van der Waals surface area contributed by atoms with E-state index in [2.05, 4.69) is 0 Å². The molecule has 2 aromatic carbocycles. The number of carbonyl (C=O) groups excluding carboxylic acids is 1. The molecule has 1 heterocycles. The lowest BCUT2D eigenvalue weighted by atomic mass is 10.0. The summed E-state index contributed by atoms with van der Waals surface area (Å²) in [6, 6.07) is 13.9. The van der Waals surface area contributed by atoms with E-state index in [1.165, 1.54) is 18.2 Å². The molecule has 0 amide bonds. The Morgan fingerprint density at radius 3 is 2.71 bits per heavy atom. The predicted octanol–water partition coefficient (Wildman–Crippen LogP) is 3.77. The van der Waals surface area contributed by atoms with E-state index in [9.17, 15) is 9.18 Å². The number of carbonyl (C=O) groups is 1. The molecule has 0 spiro atoms. The van der Waals surface area contributed by atoms with Gasteiger partial charge in [-0.25, -0.2) is 4.39 Å². The molecule has 4 nitrogen and oxygen atoms in total. The number of ketones is 1. The Hall–Kier alpha value is -2.47. The highest BCUT2D eigenvalue weighted by Crippen LogP contribution is 2.35. The Morgan fingerprint density at radius 1 is 1.25 bits per heavy atom. The van der Waals surface area contributed by atoms with E-state index in [0.29, 0.717) is 16.9 Å². The van der Waals surface area contributed by atoms with Crippen molar-refractivity contribution in [3.05, 3.63) is 82.7 Å². The zero-order valence-corrected chi connectivity index (χ0v) is 13.8. The van der Waals surface area contributed by atoms with Crippen LogP contribution in [0.5, 0.6) is 0 Å². The van der Waals surface area contributed by atoms with Gasteiger partial charge in [-0.05, 0) is 30.2 Å². The minimum absolute atomic E-state index is 0.00431. The van der Waals surface area contributed by atoms with Crippen LogP contribution in [0.25, 0.3) is 0 Å². The van der Waals surface area contributed by atoms with Gasteiger partial charge in [-0.1, -0.05) is 36.4 Å². The van der Waals surface area contributed by atoms with Crippen LogP contribution in [0.3, 0.4) is 0 Å². The molecule has 0 saturated heterocycles. The Morgan fingerprint density at radius 2 is 2.00 bits per heavy atom. The summed E-state index contributed by atoms with van der Waals surface area (Å²) in [6.45, 7) is 1.72. The maximum absolute atomic E-state index is 13.2. The summed E-state index contributed by atoms with van der Waals surface area (Å²) in [5.41, 5.74) is 8.05. The van der Waals surface area contributed by atoms with E-state index >= 15 is 0 Å². The van der Waals surface area contributed by atoms with E-state index in [4.69, 9.17) is 14.7 Å². The highest BCUT2D eigenvalue weighted by molar-refractivity contribution is 7.94. The standard InChI is InChI=1S/C18H16FNO3S/c1-11-9-13(19)7-8-14(11)16-15(21)17(18(20)22-16)23-24-10-12-5-3-2-4-6-12/h2-9,16H,10,20H2,1H3. The second-order valence-electron chi connectivity index (χ2n) is 5.39. The van der Waals surface area contributed by atoms with E-state index in [1.807, 2.05) is 30.3 Å². The van der Waals surface area contributed by atoms with Crippen LogP contribution in [0.15, 0.2) is 60.2 Å². The SMILES string of the molecule is Cc1cc(F)ccc1C1OC(N)=C(OSCc2ccccc2)C1=O. The summed E-state index contributed by atoms with van der Waals surface area (Å²) in [7, 11) is 0. The van der Waals surface area contributed by atoms with Crippen LogP contribution in [0.4, 0.5) is 4.39 Å². The number of benzene rings is 2. The molecule has 3 rings (SSSR count). The van der Waals surface area contributed by atoms with Gasteiger partial charge >= 0.3 is 0 Å². The van der Waals surface area contributed by atoms with Gasteiger partial charge in [0.15, 0.2) is 6.10 Å². The van der Waals surface area contributed by atoms with Gasteiger partial charge in [-0.15, -0.1) is 0 Å². The molecule has 0 aliphatic carbocycles. The third-order valence-corrected chi connectivity index (χ3v) is 4.39. The molecule has 124 valence electrons. The van der Waals surface area contributed by atoms with Gasteiger partial charge in [-0.2, -0.15) is 0 Å². The molecule has 1 aliphatic rings. The topological polar surface area (TPSA) is 61.6 Å². The number of nitrogens with two attached hydrogens (primary N) is 1. The smallest absolute Gasteiger partial charge is 0.249 e. The fourth-order valence-electron chi connectivity index (χ4n) is 2.43. The van der Waals surface area contributed by atoms with Gasteiger partial charge in [0, 0.05) is 5.56 Å². The summed E-state index contributed by atoms with van der Waals surface area (Å²) in [6.07, 6.45) is -0.891. The number of hydrogen-bond donors (Lipinski definition) is 1. The van der Waals surface area contributed by atoms with Crippen LogP contribution in [0.1, 0.15) is 22.8 Å². The summed E-state index contributed by atoms with van der Waals surface area (Å²) in [5.74, 6) is -0.190. The van der Waals surface area contributed by atoms with Crippen molar-refractivity contribution in [3.8, 4) is 0 Å². The van der Waals surface area contributed by atoms with Crippen LogP contribution in [0.2, 0.25) is 0 Å². The fraction of sp³-hybridized carbons (Fsp3) is 0.167. The second kappa shape index (κ2) is 6.97. The monoisotopic (exact) mass is 345 g/mol. The molecule has 0 bridgehead atoms. The van der Waals surface area contributed by atoms with Crippen LogP contribution in [-0.4, -0.2) is 5.78 Å². The molecule has 2 aromatic rings. The highest BCUT2D eigenvalue weighted by atomic mass is 32.2. The quantitative estimate of drug-likeness (QED) is 0.836. The summed E-state index contributed by atoms with van der Waals surface area (Å²) < 4.78 is 24.1. The Bertz CT molecular complexity index is 792. The maximum Gasteiger partial charge on any atom is 0.249 e. The molecular formula is C18H16FNO3S. The van der Waals surface area contributed by atoms with Gasteiger partial charge in [0.2, 0.25) is 17.4 Å². The van der Waals surface area contributed by atoms with Crippen molar-refractivity contribution in [1.82, 2.24) is 0 Å². The van der Waals surface area contributed by atoms with E-state index < -0.39 is 6.10 Å². The van der Waals surface area contributed by atoms with Crippen molar-refractivity contribution in [1.29, 1.82) is 0 Å². The largest absolute Gasteiger partial charge is 0.460 e. The first kappa shape index (κ1) is 16.4. The number of halogens is 1. The van der Waals surface area contributed by atoms with Crippen molar-refractivity contribution in [3.63, 3.8) is 0 Å². The molecule has 2 N–H and O–H groups in total. The zero-order valence-electron chi connectivity index (χ0n) is 13.0. The van der Waals surface area contributed by atoms with Crippen LogP contribution < -0.4 is 5.73 Å². The highest BCUT2D eigenvalue weighted by Gasteiger charge is 2.38. The lowest BCUT2D eigenvalue weighted by Crippen LogP contribution is -2.12. The third-order valence-electron chi connectivity index (χ3n) is 3.66. The molecule has 0 radical (unpaired) electrons. The van der Waals surface area contributed by atoms with Gasteiger partial charge in [0.05, 0.1) is 17.8 Å².